The average Bonchev–Trinajstić information content (AvgIpc) is 3.31. The van der Waals surface area contributed by atoms with E-state index >= 15 is 0 Å². The maximum atomic E-state index is 6.10. The van der Waals surface area contributed by atoms with E-state index < -0.39 is 0 Å². The Morgan fingerprint density at radius 3 is 2.83 bits per heavy atom. The minimum Gasteiger partial charge on any atom is -0.492 e. The normalized spacial score (nSPS) is 25.9. The first kappa shape index (κ1) is 19.7. The third-order valence-electron chi connectivity index (χ3n) is 5.86. The molecule has 0 amide bonds. The minimum atomic E-state index is 0.00455. The van der Waals surface area contributed by atoms with Gasteiger partial charge >= 0.3 is 0 Å². The molecule has 7 heteroatoms. The Hall–Kier alpha value is -2.25. The molecule has 30 heavy (non-hydrogen) atoms. The smallest absolute Gasteiger partial charge is 0.160 e. The van der Waals surface area contributed by atoms with Crippen LogP contribution in [-0.2, 0) is 4.74 Å². The largest absolute Gasteiger partial charge is 0.492 e. The van der Waals surface area contributed by atoms with Crippen molar-refractivity contribution in [3.8, 4) is 5.75 Å². The van der Waals surface area contributed by atoms with Gasteiger partial charge in [0.15, 0.2) is 5.17 Å². The van der Waals surface area contributed by atoms with Crippen LogP contribution in [0.15, 0.2) is 47.6 Å². The van der Waals surface area contributed by atoms with Crippen molar-refractivity contribution in [3.05, 3.63) is 53.9 Å². The first-order valence-electron chi connectivity index (χ1n) is 10.8. The van der Waals surface area contributed by atoms with Gasteiger partial charge in [-0.2, -0.15) is 0 Å². The summed E-state index contributed by atoms with van der Waals surface area (Å²) in [7, 11) is 0. The fourth-order valence-corrected chi connectivity index (χ4v) is 5.62. The molecule has 1 aromatic carbocycles. The number of nitrogens with zero attached hydrogens (tertiary/aromatic N) is 4. The first-order chi connectivity index (χ1) is 14.7. The number of aliphatic imine (C=N–C) groups is 1. The van der Waals surface area contributed by atoms with Crippen LogP contribution in [0.2, 0.25) is 0 Å². The number of benzene rings is 1. The van der Waals surface area contributed by atoms with Crippen molar-refractivity contribution >= 4 is 22.6 Å². The van der Waals surface area contributed by atoms with Gasteiger partial charge in [0.1, 0.15) is 11.8 Å². The van der Waals surface area contributed by atoms with Crippen LogP contribution in [0.4, 0.5) is 5.69 Å². The standard InChI is InChI=1S/C23H28N4O2S/c1-3-29-20-14-17(7-8-19(20)26-10-12-28-13-11-26)22-21(18-6-4-5-9-24-18)25-23-27(22)15-16(2)30-23/h4-9,14,16,21-22H,3,10-13,15H2,1-2H3/t16-,21+,22-/m0/s1. The molecule has 2 fully saturated rings. The van der Waals surface area contributed by atoms with E-state index in [2.05, 4.69) is 46.0 Å². The third kappa shape index (κ3) is 3.65. The van der Waals surface area contributed by atoms with Gasteiger partial charge in [-0.05, 0) is 36.8 Å². The Bertz CT molecular complexity index is 917. The molecule has 0 aliphatic carbocycles. The summed E-state index contributed by atoms with van der Waals surface area (Å²) in [5.74, 6) is 0.949. The molecule has 2 aromatic rings. The average molecular weight is 425 g/mol. The van der Waals surface area contributed by atoms with Gasteiger partial charge in [0.05, 0.1) is 37.2 Å². The molecule has 6 nitrogen and oxygen atoms in total. The highest BCUT2D eigenvalue weighted by Gasteiger charge is 2.43. The fraction of sp³-hybridized carbons (Fsp3) is 0.478. The summed E-state index contributed by atoms with van der Waals surface area (Å²) >= 11 is 1.87. The van der Waals surface area contributed by atoms with Crippen LogP contribution in [0.5, 0.6) is 5.75 Å². The predicted octanol–water partition coefficient (Wildman–Crippen LogP) is 3.91. The highest BCUT2D eigenvalue weighted by Crippen LogP contribution is 2.48. The van der Waals surface area contributed by atoms with E-state index in [0.29, 0.717) is 11.9 Å². The second-order valence-corrected chi connectivity index (χ2v) is 9.30. The van der Waals surface area contributed by atoms with Gasteiger partial charge in [0, 0.05) is 31.1 Å². The van der Waals surface area contributed by atoms with Crippen LogP contribution < -0.4 is 9.64 Å². The SMILES string of the molecule is CCOc1cc([C@H]2[C@@H](c3ccccn3)N=C3S[C@@H](C)CN32)ccc1N1CCOCC1. The summed E-state index contributed by atoms with van der Waals surface area (Å²) in [6.45, 7) is 9.28. The van der Waals surface area contributed by atoms with Crippen LogP contribution in [0.25, 0.3) is 0 Å². The zero-order chi connectivity index (χ0) is 20.5. The second kappa shape index (κ2) is 8.47. The lowest BCUT2D eigenvalue weighted by molar-refractivity contribution is 0.122. The number of fused-ring (bicyclic) bond motifs is 1. The predicted molar refractivity (Wildman–Crippen MR) is 122 cm³/mol. The molecular formula is C23H28N4O2S. The van der Waals surface area contributed by atoms with Gasteiger partial charge in [-0.3, -0.25) is 9.98 Å². The van der Waals surface area contributed by atoms with Crippen molar-refractivity contribution in [1.82, 2.24) is 9.88 Å². The molecule has 2 saturated heterocycles. The summed E-state index contributed by atoms with van der Waals surface area (Å²) in [6, 6.07) is 12.9. The lowest BCUT2D eigenvalue weighted by Gasteiger charge is -2.32. The number of rotatable bonds is 5. The Balaban J connectivity index is 1.52. The molecule has 3 atom stereocenters. The maximum absolute atomic E-state index is 6.10. The van der Waals surface area contributed by atoms with E-state index in [0.717, 1.165) is 55.1 Å². The number of hydrogen-bond acceptors (Lipinski definition) is 7. The van der Waals surface area contributed by atoms with Gasteiger partial charge in [0.25, 0.3) is 0 Å². The van der Waals surface area contributed by atoms with E-state index in [1.807, 2.05) is 37.0 Å². The fourth-order valence-electron chi connectivity index (χ4n) is 4.53. The Kier molecular flexibility index (Phi) is 5.56. The summed E-state index contributed by atoms with van der Waals surface area (Å²) in [5.41, 5.74) is 3.41. The van der Waals surface area contributed by atoms with E-state index in [1.54, 1.807) is 0 Å². The maximum Gasteiger partial charge on any atom is 0.160 e. The molecule has 0 N–H and O–H groups in total. The number of anilines is 1. The van der Waals surface area contributed by atoms with Crippen molar-refractivity contribution in [3.63, 3.8) is 0 Å². The van der Waals surface area contributed by atoms with Crippen LogP contribution in [0, 0.1) is 0 Å². The van der Waals surface area contributed by atoms with Crippen LogP contribution >= 0.6 is 11.8 Å². The topological polar surface area (TPSA) is 50.2 Å². The molecule has 0 bridgehead atoms. The minimum absolute atomic E-state index is 0.00455. The molecule has 3 aliphatic heterocycles. The lowest BCUT2D eigenvalue weighted by atomic mass is 9.95. The molecule has 0 unspecified atom stereocenters. The molecule has 0 spiro atoms. The van der Waals surface area contributed by atoms with Crippen molar-refractivity contribution in [2.75, 3.05) is 44.4 Å². The van der Waals surface area contributed by atoms with Gasteiger partial charge < -0.3 is 19.3 Å². The highest BCUT2D eigenvalue weighted by molar-refractivity contribution is 8.14. The molecule has 3 aliphatic rings. The molecule has 0 saturated carbocycles. The molecule has 1 aromatic heterocycles. The second-order valence-electron chi connectivity index (χ2n) is 7.90. The molecule has 4 heterocycles. The monoisotopic (exact) mass is 424 g/mol. The summed E-state index contributed by atoms with van der Waals surface area (Å²) in [4.78, 5) is 14.5. The number of hydrogen-bond donors (Lipinski definition) is 0. The van der Waals surface area contributed by atoms with E-state index in [9.17, 15) is 0 Å². The summed E-state index contributed by atoms with van der Waals surface area (Å²) in [5, 5.41) is 1.69. The number of ether oxygens (including phenoxy) is 2. The van der Waals surface area contributed by atoms with Gasteiger partial charge in [0.2, 0.25) is 0 Å². The lowest BCUT2D eigenvalue weighted by Crippen LogP contribution is -2.36. The summed E-state index contributed by atoms with van der Waals surface area (Å²) in [6.07, 6.45) is 1.86. The third-order valence-corrected chi connectivity index (χ3v) is 6.96. The zero-order valence-corrected chi connectivity index (χ0v) is 18.3. The summed E-state index contributed by atoms with van der Waals surface area (Å²) < 4.78 is 11.6. The van der Waals surface area contributed by atoms with Crippen LogP contribution in [-0.4, -0.2) is 59.8 Å². The number of morpholine rings is 1. The Labute approximate surface area is 182 Å². The van der Waals surface area contributed by atoms with Gasteiger partial charge in [-0.15, -0.1) is 0 Å². The number of amidine groups is 1. The molecule has 158 valence electrons. The van der Waals surface area contributed by atoms with Crippen LogP contribution in [0.3, 0.4) is 0 Å². The number of pyridine rings is 1. The van der Waals surface area contributed by atoms with Crippen molar-refractivity contribution < 1.29 is 9.47 Å². The van der Waals surface area contributed by atoms with E-state index in [-0.39, 0.29) is 12.1 Å². The molecule has 5 rings (SSSR count). The quantitative estimate of drug-likeness (QED) is 0.726. The Morgan fingerprint density at radius 1 is 1.20 bits per heavy atom. The van der Waals surface area contributed by atoms with Gasteiger partial charge in [-0.1, -0.05) is 30.8 Å². The van der Waals surface area contributed by atoms with Gasteiger partial charge in [-0.25, -0.2) is 0 Å². The highest BCUT2D eigenvalue weighted by atomic mass is 32.2. The van der Waals surface area contributed by atoms with E-state index in [4.69, 9.17) is 14.5 Å². The van der Waals surface area contributed by atoms with Crippen molar-refractivity contribution in [2.24, 2.45) is 4.99 Å². The number of aromatic nitrogens is 1. The zero-order valence-electron chi connectivity index (χ0n) is 17.5. The van der Waals surface area contributed by atoms with E-state index in [1.165, 1.54) is 5.56 Å². The van der Waals surface area contributed by atoms with Crippen molar-refractivity contribution in [2.45, 2.75) is 31.2 Å². The van der Waals surface area contributed by atoms with Crippen molar-refractivity contribution in [1.29, 1.82) is 0 Å². The molecule has 0 radical (unpaired) electrons. The number of thioether (sulfide) groups is 1. The molecular weight excluding hydrogens is 396 g/mol. The first-order valence-corrected chi connectivity index (χ1v) is 11.6. The van der Waals surface area contributed by atoms with Crippen LogP contribution in [0.1, 0.15) is 37.2 Å². The Morgan fingerprint density at radius 2 is 2.07 bits per heavy atom.